The Labute approximate surface area is 154 Å². The predicted molar refractivity (Wildman–Crippen MR) is 89.2 cm³/mol. The molecule has 0 radical (unpaired) electrons. The van der Waals surface area contributed by atoms with E-state index in [0.717, 1.165) is 17.8 Å². The number of halogens is 4. The highest BCUT2D eigenvalue weighted by molar-refractivity contribution is 7.99. The number of nitrogens with one attached hydrogen (secondary N) is 1. The quantitative estimate of drug-likeness (QED) is 0.434. The van der Waals surface area contributed by atoms with Gasteiger partial charge in [-0.05, 0) is 18.2 Å². The topological polar surface area (TPSA) is 81.5 Å². The van der Waals surface area contributed by atoms with Gasteiger partial charge in [0.1, 0.15) is 0 Å². The van der Waals surface area contributed by atoms with Crippen LogP contribution in [0, 0.1) is 10.1 Å². The highest BCUT2D eigenvalue weighted by atomic mass is 32.2. The zero-order valence-electron chi connectivity index (χ0n) is 13.6. The molecule has 1 N–H and O–H groups in total. The number of hydrogen-bond acceptors (Lipinski definition) is 5. The number of nitro benzene ring substituents is 1. The summed E-state index contributed by atoms with van der Waals surface area (Å²) in [7, 11) is 0.386. The van der Waals surface area contributed by atoms with E-state index in [1.54, 1.807) is 35.6 Å². The van der Waals surface area contributed by atoms with Gasteiger partial charge in [-0.3, -0.25) is 14.9 Å². The average molecular weight is 404 g/mol. The molecule has 1 unspecified atom stereocenters. The van der Waals surface area contributed by atoms with Crippen molar-refractivity contribution in [1.82, 2.24) is 0 Å². The summed E-state index contributed by atoms with van der Waals surface area (Å²) in [5, 5.41) is 12.7. The Balaban J connectivity index is 2.36. The van der Waals surface area contributed by atoms with Gasteiger partial charge in [0.25, 0.3) is 11.6 Å². The molecule has 0 aliphatic rings. The zero-order chi connectivity index (χ0) is 20.2. The molecule has 0 spiro atoms. The SMILES string of the molecule is COC(F)(C(=O)Nc1cc(Sc2ccccc2)cc([N+](=O)[O-])c1)C(F)(F)F. The minimum absolute atomic E-state index is 0.264. The minimum Gasteiger partial charge on any atom is -0.335 e. The van der Waals surface area contributed by atoms with Crippen LogP contribution in [0.4, 0.5) is 28.9 Å². The smallest absolute Gasteiger partial charge is 0.335 e. The van der Waals surface area contributed by atoms with Crippen molar-refractivity contribution < 1.29 is 32.0 Å². The largest absolute Gasteiger partial charge is 0.458 e. The van der Waals surface area contributed by atoms with Gasteiger partial charge in [0.2, 0.25) is 0 Å². The van der Waals surface area contributed by atoms with Crippen LogP contribution >= 0.6 is 11.8 Å². The molecule has 0 saturated carbocycles. The van der Waals surface area contributed by atoms with Crippen LogP contribution in [0.1, 0.15) is 0 Å². The molecule has 144 valence electrons. The van der Waals surface area contributed by atoms with Crippen LogP contribution in [0.5, 0.6) is 0 Å². The summed E-state index contributed by atoms with van der Waals surface area (Å²) in [6.45, 7) is 0. The van der Waals surface area contributed by atoms with Crippen molar-refractivity contribution in [3.63, 3.8) is 0 Å². The summed E-state index contributed by atoms with van der Waals surface area (Å²) in [6.07, 6.45) is -5.63. The Bertz CT molecular complexity index is 848. The molecule has 27 heavy (non-hydrogen) atoms. The van der Waals surface area contributed by atoms with Crippen molar-refractivity contribution in [3.05, 3.63) is 58.6 Å². The molecule has 0 heterocycles. The van der Waals surface area contributed by atoms with Crippen LogP contribution in [0.2, 0.25) is 0 Å². The number of alkyl halides is 4. The summed E-state index contributed by atoms with van der Waals surface area (Å²) in [5.41, 5.74) is -0.865. The number of nitrogens with zero attached hydrogens (tertiary/aromatic N) is 1. The normalized spacial score (nSPS) is 13.7. The number of benzene rings is 2. The van der Waals surface area contributed by atoms with E-state index in [4.69, 9.17) is 0 Å². The lowest BCUT2D eigenvalue weighted by molar-refractivity contribution is -0.385. The molecule has 0 bridgehead atoms. The molecule has 0 saturated heterocycles. The van der Waals surface area contributed by atoms with E-state index in [-0.39, 0.29) is 10.6 Å². The molecular formula is C16H12F4N2O4S. The lowest BCUT2D eigenvalue weighted by atomic mass is 10.2. The zero-order valence-corrected chi connectivity index (χ0v) is 14.4. The number of ether oxygens (including phenoxy) is 1. The Morgan fingerprint density at radius 2 is 1.74 bits per heavy atom. The van der Waals surface area contributed by atoms with Gasteiger partial charge in [0.15, 0.2) is 0 Å². The number of hydrogen-bond donors (Lipinski definition) is 1. The fraction of sp³-hybridized carbons (Fsp3) is 0.188. The number of anilines is 1. The summed E-state index contributed by atoms with van der Waals surface area (Å²) in [4.78, 5) is 23.0. The highest BCUT2D eigenvalue weighted by Gasteiger charge is 2.63. The van der Waals surface area contributed by atoms with Gasteiger partial charge in [-0.15, -0.1) is 0 Å². The van der Waals surface area contributed by atoms with Crippen molar-refractivity contribution in [2.75, 3.05) is 12.4 Å². The van der Waals surface area contributed by atoms with E-state index in [0.29, 0.717) is 12.0 Å². The van der Waals surface area contributed by atoms with Crippen LogP contribution in [-0.4, -0.2) is 30.0 Å². The molecule has 0 aliphatic heterocycles. The number of amides is 1. The van der Waals surface area contributed by atoms with E-state index in [1.807, 2.05) is 0 Å². The van der Waals surface area contributed by atoms with Crippen molar-refractivity contribution in [1.29, 1.82) is 0 Å². The first-order valence-electron chi connectivity index (χ1n) is 7.21. The maximum atomic E-state index is 13.9. The van der Waals surface area contributed by atoms with Crippen LogP contribution in [0.3, 0.4) is 0 Å². The highest BCUT2D eigenvalue weighted by Crippen LogP contribution is 2.37. The van der Waals surface area contributed by atoms with E-state index in [2.05, 4.69) is 4.74 Å². The Morgan fingerprint density at radius 3 is 2.26 bits per heavy atom. The molecule has 1 amide bonds. The second-order valence-electron chi connectivity index (χ2n) is 5.14. The number of rotatable bonds is 6. The van der Waals surface area contributed by atoms with Crippen molar-refractivity contribution in [2.24, 2.45) is 0 Å². The molecule has 2 aromatic rings. The van der Waals surface area contributed by atoms with Gasteiger partial charge >= 0.3 is 12.0 Å². The second-order valence-corrected chi connectivity index (χ2v) is 6.29. The summed E-state index contributed by atoms with van der Waals surface area (Å²) in [6, 6.07) is 11.8. The molecule has 2 rings (SSSR count). The van der Waals surface area contributed by atoms with Crippen molar-refractivity contribution in [3.8, 4) is 0 Å². The molecule has 2 aromatic carbocycles. The number of non-ortho nitro benzene ring substituents is 1. The molecule has 0 aliphatic carbocycles. The van der Waals surface area contributed by atoms with E-state index < -0.39 is 28.5 Å². The lowest BCUT2D eigenvalue weighted by Crippen LogP contribution is -2.52. The van der Waals surface area contributed by atoms with E-state index >= 15 is 0 Å². The number of methoxy groups -OCH3 is 1. The van der Waals surface area contributed by atoms with E-state index in [9.17, 15) is 32.5 Å². The fourth-order valence-corrected chi connectivity index (χ4v) is 2.92. The van der Waals surface area contributed by atoms with Crippen LogP contribution < -0.4 is 5.32 Å². The molecular weight excluding hydrogens is 392 g/mol. The Morgan fingerprint density at radius 1 is 1.11 bits per heavy atom. The Hall–Kier alpha value is -2.66. The molecule has 11 heteroatoms. The summed E-state index contributed by atoms with van der Waals surface area (Å²) < 4.78 is 55.9. The third kappa shape index (κ3) is 4.74. The predicted octanol–water partition coefficient (Wildman–Crippen LogP) is 4.56. The van der Waals surface area contributed by atoms with Gasteiger partial charge < -0.3 is 10.1 Å². The minimum atomic E-state index is -5.63. The Kier molecular flexibility index (Phi) is 6.06. The fourth-order valence-electron chi connectivity index (χ4n) is 1.99. The standard InChI is InChI=1S/C16H12F4N2O4S/c1-26-15(17,16(18,19)20)14(23)21-10-7-11(22(24)25)9-13(8-10)27-12-5-3-2-4-6-12/h2-9H,1H3,(H,21,23). The van der Waals surface area contributed by atoms with Gasteiger partial charge in [-0.1, -0.05) is 30.0 Å². The number of carbonyl (C=O) groups is 1. The van der Waals surface area contributed by atoms with Gasteiger partial charge in [0, 0.05) is 34.7 Å². The maximum Gasteiger partial charge on any atom is 0.458 e. The van der Waals surface area contributed by atoms with Crippen LogP contribution in [-0.2, 0) is 9.53 Å². The van der Waals surface area contributed by atoms with E-state index in [1.165, 1.54) is 12.1 Å². The van der Waals surface area contributed by atoms with Crippen molar-refractivity contribution >= 4 is 29.0 Å². The third-order valence-corrected chi connectivity index (χ3v) is 4.26. The first-order chi connectivity index (χ1) is 12.6. The van der Waals surface area contributed by atoms with Gasteiger partial charge in [-0.2, -0.15) is 17.6 Å². The van der Waals surface area contributed by atoms with Crippen molar-refractivity contribution in [2.45, 2.75) is 21.8 Å². The number of carbonyl (C=O) groups excluding carboxylic acids is 1. The average Bonchev–Trinajstić information content (AvgIpc) is 2.60. The molecule has 6 nitrogen and oxygen atoms in total. The first kappa shape index (κ1) is 20.6. The van der Waals surface area contributed by atoms with Gasteiger partial charge in [-0.25, -0.2) is 0 Å². The van der Waals surface area contributed by atoms with Crippen LogP contribution in [0.15, 0.2) is 58.3 Å². The maximum absolute atomic E-state index is 13.9. The van der Waals surface area contributed by atoms with Crippen LogP contribution in [0.25, 0.3) is 0 Å². The summed E-state index contributed by atoms with van der Waals surface area (Å²) in [5.74, 6) is -6.74. The summed E-state index contributed by atoms with van der Waals surface area (Å²) >= 11 is 1.08. The lowest BCUT2D eigenvalue weighted by Gasteiger charge is -2.24. The first-order valence-corrected chi connectivity index (χ1v) is 8.03. The van der Waals surface area contributed by atoms with Gasteiger partial charge in [0.05, 0.1) is 4.92 Å². The monoisotopic (exact) mass is 404 g/mol. The number of nitro groups is 1. The second kappa shape index (κ2) is 7.92. The third-order valence-electron chi connectivity index (χ3n) is 3.28. The molecule has 1 atom stereocenters. The molecule has 0 fully saturated rings. The molecule has 0 aromatic heterocycles.